The minimum absolute atomic E-state index is 0. The van der Waals surface area contributed by atoms with Crippen LogP contribution in [0, 0.1) is 0 Å². The molecule has 1 aliphatic heterocycles. The minimum Gasteiger partial charge on any atom is -0.357 e. The van der Waals surface area contributed by atoms with E-state index in [0.29, 0.717) is 12.1 Å². The first-order valence-corrected chi connectivity index (χ1v) is 8.24. The Morgan fingerprint density at radius 2 is 2.14 bits per heavy atom. The highest BCUT2D eigenvalue weighted by Crippen LogP contribution is 2.16. The van der Waals surface area contributed by atoms with Crippen molar-refractivity contribution in [2.75, 3.05) is 31.6 Å². The highest BCUT2D eigenvalue weighted by atomic mass is 35.5. The first-order chi connectivity index (χ1) is 10.1. The molecular weight excluding hydrogens is 296 g/mol. The number of aromatic nitrogens is 1. The van der Waals surface area contributed by atoms with Crippen molar-refractivity contribution in [1.82, 2.24) is 15.2 Å². The summed E-state index contributed by atoms with van der Waals surface area (Å²) < 4.78 is 0. The van der Waals surface area contributed by atoms with Gasteiger partial charge in [-0.2, -0.15) is 0 Å². The van der Waals surface area contributed by atoms with Crippen molar-refractivity contribution in [3.05, 3.63) is 23.9 Å². The van der Waals surface area contributed by atoms with Crippen molar-refractivity contribution < 1.29 is 0 Å². The Morgan fingerprint density at radius 1 is 1.36 bits per heavy atom. The van der Waals surface area contributed by atoms with Gasteiger partial charge < -0.3 is 10.2 Å². The van der Waals surface area contributed by atoms with Crippen LogP contribution in [0.15, 0.2) is 18.3 Å². The molecule has 1 N–H and O–H groups in total. The lowest BCUT2D eigenvalue weighted by Crippen LogP contribution is -2.37. The summed E-state index contributed by atoms with van der Waals surface area (Å²) in [7, 11) is 2.10. The van der Waals surface area contributed by atoms with E-state index in [9.17, 15) is 0 Å². The van der Waals surface area contributed by atoms with E-state index in [1.807, 2.05) is 6.20 Å². The molecule has 0 radical (unpaired) electrons. The van der Waals surface area contributed by atoms with Gasteiger partial charge >= 0.3 is 0 Å². The van der Waals surface area contributed by atoms with Crippen molar-refractivity contribution >= 4 is 18.2 Å². The molecule has 0 saturated carbocycles. The molecule has 1 atom stereocenters. The Labute approximate surface area is 141 Å². The summed E-state index contributed by atoms with van der Waals surface area (Å²) in [5.74, 6) is 1.05. The lowest BCUT2D eigenvalue weighted by Gasteiger charge is -2.28. The summed E-state index contributed by atoms with van der Waals surface area (Å²) in [6, 6.07) is 5.53. The normalized spacial score (nSPS) is 17.8. The molecule has 2 heterocycles. The van der Waals surface area contributed by atoms with Crippen LogP contribution in [0.25, 0.3) is 0 Å². The van der Waals surface area contributed by atoms with Gasteiger partial charge in [0.1, 0.15) is 5.82 Å². The van der Waals surface area contributed by atoms with Gasteiger partial charge in [0.25, 0.3) is 0 Å². The van der Waals surface area contributed by atoms with Crippen LogP contribution in [-0.2, 0) is 6.54 Å². The summed E-state index contributed by atoms with van der Waals surface area (Å²) in [5, 5.41) is 3.47. The third kappa shape index (κ3) is 5.11. The van der Waals surface area contributed by atoms with Crippen LogP contribution < -0.4 is 10.2 Å². The molecule has 1 aromatic heterocycles. The zero-order valence-electron chi connectivity index (χ0n) is 14.4. The van der Waals surface area contributed by atoms with Gasteiger partial charge in [-0.3, -0.25) is 4.90 Å². The maximum absolute atomic E-state index is 4.62. The molecule has 1 fully saturated rings. The van der Waals surface area contributed by atoms with Crippen LogP contribution in [0.1, 0.15) is 39.2 Å². The Morgan fingerprint density at radius 3 is 2.64 bits per heavy atom. The molecule has 0 bridgehead atoms. The van der Waals surface area contributed by atoms with E-state index < -0.39 is 0 Å². The molecule has 1 unspecified atom stereocenters. The zero-order chi connectivity index (χ0) is 15.2. The standard InChI is InChI=1S/C17H30N4.ClH/c1-5-10-21(16-8-9-18-12-16)13-15-6-7-17(19-11-15)20(4)14(2)3;/h6-7,11,14,16,18H,5,8-10,12-13H2,1-4H3;1H. The molecule has 1 aliphatic rings. The summed E-state index contributed by atoms with van der Waals surface area (Å²) in [6.45, 7) is 11.1. The average Bonchev–Trinajstić information content (AvgIpc) is 3.01. The van der Waals surface area contributed by atoms with Crippen LogP contribution in [-0.4, -0.2) is 48.6 Å². The van der Waals surface area contributed by atoms with Gasteiger partial charge in [-0.25, -0.2) is 4.98 Å². The van der Waals surface area contributed by atoms with Crippen LogP contribution in [0.5, 0.6) is 0 Å². The molecule has 5 heteroatoms. The van der Waals surface area contributed by atoms with Crippen molar-refractivity contribution in [2.24, 2.45) is 0 Å². The molecule has 0 spiro atoms. The Bertz CT molecular complexity index is 415. The van der Waals surface area contributed by atoms with Gasteiger partial charge in [-0.05, 0) is 51.4 Å². The number of nitrogens with zero attached hydrogens (tertiary/aromatic N) is 3. The molecule has 126 valence electrons. The van der Waals surface area contributed by atoms with Gasteiger partial charge in [0, 0.05) is 38.4 Å². The fraction of sp³-hybridized carbons (Fsp3) is 0.706. The van der Waals surface area contributed by atoms with E-state index in [-0.39, 0.29) is 12.4 Å². The van der Waals surface area contributed by atoms with Crippen molar-refractivity contribution in [3.63, 3.8) is 0 Å². The summed E-state index contributed by atoms with van der Waals surface area (Å²) in [6.07, 6.45) is 4.51. The lowest BCUT2D eigenvalue weighted by molar-refractivity contribution is 0.199. The highest BCUT2D eigenvalue weighted by Gasteiger charge is 2.21. The molecule has 2 rings (SSSR count). The van der Waals surface area contributed by atoms with Gasteiger partial charge in [0.2, 0.25) is 0 Å². The second-order valence-corrected chi connectivity index (χ2v) is 6.35. The van der Waals surface area contributed by atoms with Crippen LogP contribution >= 0.6 is 12.4 Å². The molecule has 0 amide bonds. The van der Waals surface area contributed by atoms with Crippen molar-refractivity contribution in [2.45, 2.75) is 52.2 Å². The summed E-state index contributed by atoms with van der Waals surface area (Å²) >= 11 is 0. The molecular formula is C17H31ClN4. The number of anilines is 1. The third-order valence-corrected chi connectivity index (χ3v) is 4.39. The van der Waals surface area contributed by atoms with E-state index in [1.165, 1.54) is 24.9 Å². The summed E-state index contributed by atoms with van der Waals surface area (Å²) in [5.41, 5.74) is 1.32. The average molecular weight is 327 g/mol. The van der Waals surface area contributed by atoms with E-state index >= 15 is 0 Å². The SMILES string of the molecule is CCCN(Cc1ccc(N(C)C(C)C)nc1)C1CCNC1.Cl. The second kappa shape index (κ2) is 9.33. The number of hydrogen-bond acceptors (Lipinski definition) is 4. The van der Waals surface area contributed by atoms with Crippen molar-refractivity contribution in [1.29, 1.82) is 0 Å². The molecule has 1 saturated heterocycles. The summed E-state index contributed by atoms with van der Waals surface area (Å²) in [4.78, 5) is 9.43. The number of nitrogens with one attached hydrogen (secondary N) is 1. The predicted octanol–water partition coefficient (Wildman–Crippen LogP) is 2.92. The molecule has 1 aromatic rings. The van der Waals surface area contributed by atoms with Crippen molar-refractivity contribution in [3.8, 4) is 0 Å². The zero-order valence-corrected chi connectivity index (χ0v) is 15.2. The molecule has 0 aromatic carbocycles. The van der Waals surface area contributed by atoms with Crippen LogP contribution in [0.4, 0.5) is 5.82 Å². The quantitative estimate of drug-likeness (QED) is 0.835. The monoisotopic (exact) mass is 326 g/mol. The van der Waals surface area contributed by atoms with E-state index in [2.05, 4.69) is 60.1 Å². The van der Waals surface area contributed by atoms with Gasteiger partial charge in [-0.15, -0.1) is 12.4 Å². The van der Waals surface area contributed by atoms with E-state index in [0.717, 1.165) is 25.5 Å². The van der Waals surface area contributed by atoms with Crippen LogP contribution in [0.3, 0.4) is 0 Å². The topological polar surface area (TPSA) is 31.4 Å². The Hall–Kier alpha value is -0.840. The van der Waals surface area contributed by atoms with E-state index in [1.54, 1.807) is 0 Å². The number of pyridine rings is 1. The van der Waals surface area contributed by atoms with Crippen LogP contribution in [0.2, 0.25) is 0 Å². The second-order valence-electron chi connectivity index (χ2n) is 6.35. The molecule has 0 aliphatic carbocycles. The number of hydrogen-bond donors (Lipinski definition) is 1. The van der Waals surface area contributed by atoms with Gasteiger partial charge in [0.05, 0.1) is 0 Å². The number of halogens is 1. The Balaban J connectivity index is 0.00000242. The fourth-order valence-corrected chi connectivity index (χ4v) is 2.85. The Kier molecular flexibility index (Phi) is 8.15. The van der Waals surface area contributed by atoms with Gasteiger partial charge in [-0.1, -0.05) is 13.0 Å². The number of rotatable bonds is 7. The van der Waals surface area contributed by atoms with E-state index in [4.69, 9.17) is 0 Å². The first kappa shape index (κ1) is 19.2. The highest BCUT2D eigenvalue weighted by molar-refractivity contribution is 5.85. The molecule has 4 nitrogen and oxygen atoms in total. The smallest absolute Gasteiger partial charge is 0.128 e. The lowest BCUT2D eigenvalue weighted by atomic mass is 10.1. The van der Waals surface area contributed by atoms with Gasteiger partial charge in [0.15, 0.2) is 0 Å². The third-order valence-electron chi connectivity index (χ3n) is 4.39. The largest absolute Gasteiger partial charge is 0.357 e. The maximum Gasteiger partial charge on any atom is 0.128 e. The minimum atomic E-state index is 0. The predicted molar refractivity (Wildman–Crippen MR) is 97.0 cm³/mol. The molecule has 22 heavy (non-hydrogen) atoms. The maximum atomic E-state index is 4.62. The fourth-order valence-electron chi connectivity index (χ4n) is 2.85. The first-order valence-electron chi connectivity index (χ1n) is 8.24.